The Labute approximate surface area is 313 Å². The summed E-state index contributed by atoms with van der Waals surface area (Å²) in [4.78, 5) is 28.1. The number of sulfonamides is 1. The molecule has 0 spiro atoms. The first-order valence-electron chi connectivity index (χ1n) is 16.6. The van der Waals surface area contributed by atoms with Crippen molar-refractivity contribution in [1.82, 2.24) is 4.31 Å². The first-order valence-corrected chi connectivity index (χ1v) is 18.8. The van der Waals surface area contributed by atoms with Gasteiger partial charge >= 0.3 is 5.97 Å². The summed E-state index contributed by atoms with van der Waals surface area (Å²) in [6.07, 6.45) is 4.02. The number of methoxy groups -OCH3 is 1. The molecule has 0 atom stereocenters. The van der Waals surface area contributed by atoms with Crippen LogP contribution in [0.25, 0.3) is 0 Å². The molecule has 53 heavy (non-hydrogen) atoms. The number of hydrogen-bond donors (Lipinski definition) is 1. The lowest BCUT2D eigenvalue weighted by molar-refractivity contribution is -0.119. The van der Waals surface area contributed by atoms with Crippen molar-refractivity contribution in [3.8, 4) is 5.75 Å². The Kier molecular flexibility index (Phi) is 11.2. The van der Waals surface area contributed by atoms with Gasteiger partial charge in [-0.1, -0.05) is 47.5 Å². The normalized spacial score (nSPS) is 14.5. The topological polar surface area (TPSA) is 107 Å². The van der Waals surface area contributed by atoms with Gasteiger partial charge in [-0.05, 0) is 84.7 Å². The summed E-state index contributed by atoms with van der Waals surface area (Å²) < 4.78 is 92.7. The fourth-order valence-electron chi connectivity index (χ4n) is 6.34. The standard InChI is InChI=1S/C37H33Cl2F4N3O6S/c1-52-29-17-23(37(48)49)10-11-28(29)46(18-21-14-25(22-8-9-22)16-26(15-21)44-12-4-5-13-44)30(47)20-45(19-24-6-2-3-7-27(24)38)53(50,51)36-31(39)32(40)33(41)34(42)35(36)43/h2-3,6-7,10-11,14-17,22H,4-5,8-9,12-13,18-20H2,1H3,(H,48,49). The average Bonchev–Trinajstić information content (AvgIpc) is 3.85. The monoisotopic (exact) mass is 793 g/mol. The van der Waals surface area contributed by atoms with Gasteiger partial charge in [0.2, 0.25) is 15.9 Å². The molecule has 2 fully saturated rings. The van der Waals surface area contributed by atoms with Crippen LogP contribution in [0.2, 0.25) is 10.0 Å². The molecule has 2 aliphatic rings. The summed E-state index contributed by atoms with van der Waals surface area (Å²) in [5.74, 6) is -11.0. The number of carbonyl (C=O) groups excluding carboxylic acids is 1. The number of benzene rings is 4. The van der Waals surface area contributed by atoms with Crippen molar-refractivity contribution in [2.24, 2.45) is 0 Å². The van der Waals surface area contributed by atoms with Gasteiger partial charge in [-0.25, -0.2) is 30.8 Å². The van der Waals surface area contributed by atoms with Crippen LogP contribution in [0.4, 0.5) is 28.9 Å². The number of nitrogens with zero attached hydrogens (tertiary/aromatic N) is 3. The predicted octanol–water partition coefficient (Wildman–Crippen LogP) is 8.16. The molecule has 1 saturated carbocycles. The maximum absolute atomic E-state index is 15.2. The van der Waals surface area contributed by atoms with E-state index >= 15 is 4.39 Å². The molecule has 0 unspecified atom stereocenters. The third-order valence-corrected chi connectivity index (χ3v) is 11.9. The Balaban J connectivity index is 1.47. The molecule has 1 saturated heterocycles. The second-order valence-corrected chi connectivity index (χ2v) is 15.5. The first-order chi connectivity index (χ1) is 25.2. The summed E-state index contributed by atoms with van der Waals surface area (Å²) in [6, 6.07) is 15.7. The number of aromatic carboxylic acids is 1. The molecule has 1 aliphatic heterocycles. The molecule has 4 aromatic carbocycles. The number of ether oxygens (including phenoxy) is 1. The van der Waals surface area contributed by atoms with E-state index in [9.17, 15) is 36.3 Å². The van der Waals surface area contributed by atoms with Gasteiger partial charge in [0.25, 0.3) is 0 Å². The van der Waals surface area contributed by atoms with Crippen molar-refractivity contribution in [3.05, 3.63) is 116 Å². The Morgan fingerprint density at radius 3 is 2.23 bits per heavy atom. The third kappa shape index (κ3) is 7.96. The van der Waals surface area contributed by atoms with E-state index in [-0.39, 0.29) is 34.1 Å². The van der Waals surface area contributed by atoms with Crippen molar-refractivity contribution in [3.63, 3.8) is 0 Å². The number of carboxylic acid groups (broad SMARTS) is 1. The Morgan fingerprint density at radius 2 is 1.58 bits per heavy atom. The van der Waals surface area contributed by atoms with Crippen LogP contribution in [-0.4, -0.2) is 56.5 Å². The maximum Gasteiger partial charge on any atom is 0.335 e. The van der Waals surface area contributed by atoms with E-state index in [1.807, 2.05) is 12.1 Å². The van der Waals surface area contributed by atoms with Crippen LogP contribution < -0.4 is 14.5 Å². The molecule has 1 N–H and O–H groups in total. The van der Waals surface area contributed by atoms with Crippen LogP contribution in [-0.2, 0) is 27.9 Å². The smallest absolute Gasteiger partial charge is 0.335 e. The molecule has 1 aliphatic carbocycles. The highest BCUT2D eigenvalue weighted by Crippen LogP contribution is 2.43. The van der Waals surface area contributed by atoms with E-state index < -0.39 is 68.2 Å². The average molecular weight is 795 g/mol. The van der Waals surface area contributed by atoms with Crippen LogP contribution in [0.1, 0.15) is 58.6 Å². The van der Waals surface area contributed by atoms with Gasteiger partial charge in [0.15, 0.2) is 23.3 Å². The largest absolute Gasteiger partial charge is 0.495 e. The van der Waals surface area contributed by atoms with Gasteiger partial charge in [0.1, 0.15) is 15.7 Å². The quantitative estimate of drug-likeness (QED) is 0.0828. The zero-order chi connectivity index (χ0) is 38.2. The SMILES string of the molecule is COc1cc(C(=O)O)ccc1N(Cc1cc(C2CC2)cc(N2CCCC2)c1)C(=O)CN(Cc1ccccc1Cl)S(=O)(=O)c1c(F)c(F)c(F)c(F)c1Cl. The van der Waals surface area contributed by atoms with E-state index in [4.69, 9.17) is 27.9 Å². The second-order valence-electron chi connectivity index (χ2n) is 12.8. The van der Waals surface area contributed by atoms with E-state index in [1.54, 1.807) is 6.07 Å². The van der Waals surface area contributed by atoms with E-state index in [2.05, 4.69) is 11.0 Å². The molecular formula is C37H33Cl2F4N3O6S. The first kappa shape index (κ1) is 38.4. The highest BCUT2D eigenvalue weighted by atomic mass is 35.5. The molecule has 1 heterocycles. The summed E-state index contributed by atoms with van der Waals surface area (Å²) in [5.41, 5.74) is 2.74. The summed E-state index contributed by atoms with van der Waals surface area (Å²) in [5, 5.41) is 8.14. The number of hydrogen-bond acceptors (Lipinski definition) is 6. The zero-order valence-electron chi connectivity index (χ0n) is 28.2. The molecule has 0 aromatic heterocycles. The maximum atomic E-state index is 15.2. The van der Waals surface area contributed by atoms with Crippen molar-refractivity contribution < 1.29 is 45.4 Å². The minimum atomic E-state index is -5.43. The molecule has 280 valence electrons. The Morgan fingerprint density at radius 1 is 0.906 bits per heavy atom. The van der Waals surface area contributed by atoms with Gasteiger partial charge in [-0.15, -0.1) is 0 Å². The lowest BCUT2D eigenvalue weighted by atomic mass is 10.0. The number of carbonyl (C=O) groups is 2. The summed E-state index contributed by atoms with van der Waals surface area (Å²) >= 11 is 12.2. The van der Waals surface area contributed by atoms with Crippen molar-refractivity contribution in [2.45, 2.75) is 49.6 Å². The zero-order valence-corrected chi connectivity index (χ0v) is 30.5. The minimum absolute atomic E-state index is 0.0337. The van der Waals surface area contributed by atoms with E-state index in [1.165, 1.54) is 48.4 Å². The molecule has 0 bridgehead atoms. The lowest BCUT2D eigenvalue weighted by Crippen LogP contribution is -2.43. The highest BCUT2D eigenvalue weighted by molar-refractivity contribution is 7.89. The number of rotatable bonds is 13. The molecule has 9 nitrogen and oxygen atoms in total. The second kappa shape index (κ2) is 15.5. The minimum Gasteiger partial charge on any atom is -0.495 e. The molecule has 6 rings (SSSR count). The summed E-state index contributed by atoms with van der Waals surface area (Å²) in [6.45, 7) is -0.241. The van der Waals surface area contributed by atoms with Gasteiger partial charge in [0.05, 0.1) is 31.5 Å². The van der Waals surface area contributed by atoms with Crippen LogP contribution in [0.15, 0.2) is 65.6 Å². The van der Waals surface area contributed by atoms with Crippen molar-refractivity contribution in [1.29, 1.82) is 0 Å². The molecule has 4 aromatic rings. The summed E-state index contributed by atoms with van der Waals surface area (Å²) in [7, 11) is -4.16. The fraction of sp³-hybridized carbons (Fsp3) is 0.297. The number of amides is 1. The van der Waals surface area contributed by atoms with Crippen LogP contribution >= 0.6 is 23.2 Å². The van der Waals surface area contributed by atoms with Gasteiger partial charge in [-0.2, -0.15) is 4.31 Å². The molecule has 0 radical (unpaired) electrons. The van der Waals surface area contributed by atoms with Crippen LogP contribution in [0.3, 0.4) is 0 Å². The lowest BCUT2D eigenvalue weighted by Gasteiger charge is -2.30. The van der Waals surface area contributed by atoms with Crippen LogP contribution in [0.5, 0.6) is 5.75 Å². The van der Waals surface area contributed by atoms with Crippen molar-refractivity contribution >= 4 is 56.5 Å². The molecule has 1 amide bonds. The van der Waals surface area contributed by atoms with Gasteiger partial charge in [0, 0.05) is 30.3 Å². The third-order valence-electron chi connectivity index (χ3n) is 9.26. The predicted molar refractivity (Wildman–Crippen MR) is 191 cm³/mol. The van der Waals surface area contributed by atoms with Crippen molar-refractivity contribution in [2.75, 3.05) is 36.5 Å². The van der Waals surface area contributed by atoms with Gasteiger partial charge < -0.3 is 19.6 Å². The Bertz CT molecular complexity index is 2170. The van der Waals surface area contributed by atoms with E-state index in [0.717, 1.165) is 50.0 Å². The molecular weight excluding hydrogens is 761 g/mol. The number of carboxylic acids is 1. The number of halogens is 6. The Hall–Kier alpha value is -4.37. The van der Waals surface area contributed by atoms with E-state index in [0.29, 0.717) is 15.8 Å². The molecule has 16 heteroatoms. The fourth-order valence-corrected chi connectivity index (χ4v) is 8.48. The number of anilines is 2. The highest BCUT2D eigenvalue weighted by Gasteiger charge is 2.38. The van der Waals surface area contributed by atoms with Crippen LogP contribution in [0, 0.1) is 23.3 Å². The van der Waals surface area contributed by atoms with Gasteiger partial charge in [-0.3, -0.25) is 4.79 Å².